The van der Waals surface area contributed by atoms with Crippen LogP contribution in [0.4, 0.5) is 0 Å². The van der Waals surface area contributed by atoms with Crippen molar-refractivity contribution in [2.75, 3.05) is 0 Å². The van der Waals surface area contributed by atoms with Gasteiger partial charge in [0, 0.05) is 29.6 Å². The van der Waals surface area contributed by atoms with Gasteiger partial charge in [0.2, 0.25) is 0 Å². The fraction of sp³-hybridized carbons (Fsp3) is 0. The molecule has 0 aromatic rings. The van der Waals surface area contributed by atoms with E-state index < -0.39 is 16.5 Å². The first-order valence-corrected chi connectivity index (χ1v) is 3.91. The van der Waals surface area contributed by atoms with E-state index >= 15 is 0 Å². The van der Waals surface area contributed by atoms with Crippen LogP contribution in [0.5, 0.6) is 0 Å². The van der Waals surface area contributed by atoms with Gasteiger partial charge < -0.3 is 19.6 Å². The Kier molecular flexibility index (Phi) is 22.3. The molecule has 0 amide bonds. The maximum atomic E-state index is 8.74. The number of rotatable bonds is 0. The minimum absolute atomic E-state index is 0. The zero-order valence-corrected chi connectivity index (χ0v) is 8.61. The summed E-state index contributed by atoms with van der Waals surface area (Å²) in [4.78, 5) is 28.6. The number of hydrogen-bond acceptors (Lipinski definition) is 2. The quantitative estimate of drug-likeness (QED) is 0.266. The van der Waals surface area contributed by atoms with Crippen LogP contribution < -0.4 is 0 Å². The van der Waals surface area contributed by atoms with Crippen LogP contribution in [0.1, 0.15) is 0 Å². The molecule has 0 saturated heterocycles. The van der Waals surface area contributed by atoms with E-state index in [2.05, 4.69) is 0 Å². The molecule has 0 aromatic heterocycles. The van der Waals surface area contributed by atoms with Gasteiger partial charge in [-0.25, -0.2) is 0 Å². The summed E-state index contributed by atoms with van der Waals surface area (Å²) in [7, 11) is -6.26. The van der Waals surface area contributed by atoms with Gasteiger partial charge >= 0.3 is 16.5 Å². The van der Waals surface area contributed by atoms with E-state index in [9.17, 15) is 0 Å². The van der Waals surface area contributed by atoms with Crippen molar-refractivity contribution in [3.05, 3.63) is 0 Å². The van der Waals surface area contributed by atoms with Crippen LogP contribution in [0, 0.1) is 0 Å². The fourth-order valence-corrected chi connectivity index (χ4v) is 0. The summed E-state index contributed by atoms with van der Waals surface area (Å²) in [5.74, 6) is 0. The molecule has 0 aliphatic heterocycles. The molecule has 4 N–H and O–H groups in total. The van der Waals surface area contributed by atoms with Gasteiger partial charge in [-0.05, 0) is 0 Å². The summed E-state index contributed by atoms with van der Waals surface area (Å²) < 4.78 is 17.5. The number of hydrogen-bond donors (Lipinski definition) is 4. The van der Waals surface area contributed by atoms with Crippen molar-refractivity contribution in [2.24, 2.45) is 0 Å². The Morgan fingerprint density at radius 2 is 0.778 bits per heavy atom. The van der Waals surface area contributed by atoms with Crippen LogP contribution in [0.2, 0.25) is 0 Å². The SMILES string of the molecule is O=[PH](O)O.O=[PH](O)O.[Na]. The van der Waals surface area contributed by atoms with E-state index in [1.165, 1.54) is 0 Å². The van der Waals surface area contributed by atoms with Crippen molar-refractivity contribution in [1.29, 1.82) is 0 Å². The molecule has 0 saturated carbocycles. The predicted molar refractivity (Wildman–Crippen MR) is 32.6 cm³/mol. The summed E-state index contributed by atoms with van der Waals surface area (Å²) >= 11 is 0. The van der Waals surface area contributed by atoms with E-state index in [-0.39, 0.29) is 29.6 Å². The van der Waals surface area contributed by atoms with Crippen LogP contribution in [-0.2, 0) is 9.13 Å². The summed E-state index contributed by atoms with van der Waals surface area (Å²) in [5, 5.41) is 0. The zero-order chi connectivity index (χ0) is 7.15. The van der Waals surface area contributed by atoms with Crippen molar-refractivity contribution in [1.82, 2.24) is 0 Å². The maximum Gasteiger partial charge on any atom is 0.314 e. The van der Waals surface area contributed by atoms with Crippen molar-refractivity contribution >= 4 is 46.1 Å². The van der Waals surface area contributed by atoms with Crippen LogP contribution in [0.25, 0.3) is 0 Å². The van der Waals surface area contributed by atoms with Gasteiger partial charge in [0.25, 0.3) is 0 Å². The van der Waals surface area contributed by atoms with E-state index in [4.69, 9.17) is 28.7 Å². The zero-order valence-electron chi connectivity index (χ0n) is 4.61. The average Bonchev–Trinajstić information content (AvgIpc) is 1.25. The third-order valence-corrected chi connectivity index (χ3v) is 0. The van der Waals surface area contributed by atoms with Crippen molar-refractivity contribution in [2.45, 2.75) is 0 Å². The van der Waals surface area contributed by atoms with Gasteiger partial charge in [0.1, 0.15) is 0 Å². The second kappa shape index (κ2) is 12.0. The molecule has 9 heteroatoms. The molecule has 0 aliphatic carbocycles. The van der Waals surface area contributed by atoms with Gasteiger partial charge in [-0.2, -0.15) is 0 Å². The van der Waals surface area contributed by atoms with Gasteiger partial charge in [-0.3, -0.25) is 9.13 Å². The summed E-state index contributed by atoms with van der Waals surface area (Å²) in [5.41, 5.74) is 0. The normalized spacial score (nSPS) is 7.78. The first-order chi connectivity index (χ1) is 3.46. The molecule has 1 radical (unpaired) electrons. The Labute approximate surface area is 74.7 Å². The van der Waals surface area contributed by atoms with E-state index in [0.717, 1.165) is 0 Å². The molecular formula is H6NaO6P2. The second-order valence-electron chi connectivity index (χ2n) is 0.565. The second-order valence-corrected chi connectivity index (χ2v) is 1.70. The van der Waals surface area contributed by atoms with Gasteiger partial charge in [-0.1, -0.05) is 0 Å². The van der Waals surface area contributed by atoms with Gasteiger partial charge in [0.15, 0.2) is 0 Å². The largest absolute Gasteiger partial charge is 0.326 e. The Morgan fingerprint density at radius 1 is 0.778 bits per heavy atom. The minimum atomic E-state index is -3.13. The average molecular weight is 187 g/mol. The van der Waals surface area contributed by atoms with Gasteiger partial charge in [-0.15, -0.1) is 0 Å². The predicted octanol–water partition coefficient (Wildman–Crippen LogP) is -1.66. The Balaban J connectivity index is -0.0000000720. The van der Waals surface area contributed by atoms with Crippen LogP contribution in [0.15, 0.2) is 0 Å². The molecule has 0 heterocycles. The maximum absolute atomic E-state index is 8.74. The molecule has 0 atom stereocenters. The molecule has 0 fully saturated rings. The smallest absolute Gasteiger partial charge is 0.314 e. The Bertz CT molecular complexity index is 69.1. The van der Waals surface area contributed by atoms with Crippen molar-refractivity contribution in [3.63, 3.8) is 0 Å². The first-order valence-electron chi connectivity index (χ1n) is 1.30. The van der Waals surface area contributed by atoms with Crippen LogP contribution in [-0.4, -0.2) is 49.1 Å². The molecule has 0 bridgehead atoms. The Hall–Kier alpha value is 1.30. The fourth-order valence-electron chi connectivity index (χ4n) is 0. The molecule has 0 spiro atoms. The van der Waals surface area contributed by atoms with Crippen LogP contribution in [0.3, 0.4) is 0 Å². The summed E-state index contributed by atoms with van der Waals surface area (Å²) in [6.07, 6.45) is 0. The Morgan fingerprint density at radius 3 is 0.778 bits per heavy atom. The standard InChI is InChI=1S/Na.2H3O3P/c;2*1-4(2)3/h;2*4H,(H2,1,2,3). The molecule has 0 rings (SSSR count). The molecule has 53 valence electrons. The van der Waals surface area contributed by atoms with E-state index in [1.807, 2.05) is 0 Å². The van der Waals surface area contributed by atoms with Crippen molar-refractivity contribution in [3.8, 4) is 0 Å². The van der Waals surface area contributed by atoms with Gasteiger partial charge in [0.05, 0.1) is 0 Å². The molecule has 0 aliphatic rings. The summed E-state index contributed by atoms with van der Waals surface area (Å²) in [6.45, 7) is 0. The molecule has 0 unspecified atom stereocenters. The molecular weight excluding hydrogens is 181 g/mol. The topological polar surface area (TPSA) is 115 Å². The minimum Gasteiger partial charge on any atom is -0.326 e. The monoisotopic (exact) mass is 187 g/mol. The molecule has 0 aromatic carbocycles. The van der Waals surface area contributed by atoms with Crippen molar-refractivity contribution < 1.29 is 28.7 Å². The van der Waals surface area contributed by atoms with Crippen LogP contribution >= 0.6 is 16.5 Å². The van der Waals surface area contributed by atoms with E-state index in [1.54, 1.807) is 0 Å². The molecule has 6 nitrogen and oxygen atoms in total. The third-order valence-electron chi connectivity index (χ3n) is 0. The molecule has 9 heavy (non-hydrogen) atoms. The summed E-state index contributed by atoms with van der Waals surface area (Å²) in [6, 6.07) is 0. The third kappa shape index (κ3) is 293. The van der Waals surface area contributed by atoms with E-state index in [0.29, 0.717) is 0 Å². The first kappa shape index (κ1) is 16.7.